The topological polar surface area (TPSA) is 167 Å². The summed E-state index contributed by atoms with van der Waals surface area (Å²) in [4.78, 5) is 47.4. The van der Waals surface area contributed by atoms with E-state index in [0.717, 1.165) is 42.2 Å². The number of likely N-dealkylation sites (N-methyl/N-ethyl adjacent to an activating group) is 1. The first-order chi connectivity index (χ1) is 15.6. The van der Waals surface area contributed by atoms with Crippen LogP contribution in [-0.2, 0) is 30.0 Å². The largest absolute Gasteiger partial charge is 0.543 e. The number of likely N-dealkylation sites (tertiary alicyclic amines) is 1. The van der Waals surface area contributed by atoms with Gasteiger partial charge < -0.3 is 30.3 Å². The average molecular weight is 497 g/mol. The highest BCUT2D eigenvalue weighted by molar-refractivity contribution is 7.86. The number of rotatable bonds is 7. The molecule has 0 aromatic carbocycles. The van der Waals surface area contributed by atoms with E-state index in [-0.39, 0.29) is 28.0 Å². The van der Waals surface area contributed by atoms with Crippen LogP contribution < -0.4 is 16.2 Å². The van der Waals surface area contributed by atoms with E-state index in [9.17, 15) is 23.7 Å². The molecule has 4 rings (SSSR count). The highest BCUT2D eigenvalue weighted by Gasteiger charge is 2.56. The predicted octanol–water partition coefficient (Wildman–Crippen LogP) is -2.26. The number of nitrogens with zero attached hydrogens (tertiary/aromatic N) is 4. The predicted molar refractivity (Wildman–Crippen MR) is 118 cm³/mol. The lowest BCUT2D eigenvalue weighted by molar-refractivity contribution is -0.893. The number of amides is 2. The van der Waals surface area contributed by atoms with Crippen LogP contribution in [0.5, 0.6) is 0 Å². The third-order valence-electron chi connectivity index (χ3n) is 6.07. The molecule has 2 amide bonds. The molecular weight excluding hydrogens is 472 g/mol. The monoisotopic (exact) mass is 496 g/mol. The number of β-lactam (4-membered cyclic amide) rings is 1. The number of thiazole rings is 1. The number of fused-ring (bicyclic) bond motifs is 1. The first-order valence-electron chi connectivity index (χ1n) is 10.3. The van der Waals surface area contributed by atoms with Gasteiger partial charge in [0.05, 0.1) is 48.4 Å². The number of carboxylic acid groups (broad SMARTS) is 1. The lowest BCUT2D eigenvalue weighted by Crippen LogP contribution is -2.74. The molecule has 178 valence electrons. The summed E-state index contributed by atoms with van der Waals surface area (Å²) in [6.07, 6.45) is 2.06. The van der Waals surface area contributed by atoms with Crippen LogP contribution in [-0.4, -0.2) is 93.0 Å². The summed E-state index contributed by atoms with van der Waals surface area (Å²) in [6, 6.07) is -1.18. The molecule has 0 saturated carbocycles. The minimum Gasteiger partial charge on any atom is -0.543 e. The van der Waals surface area contributed by atoms with Gasteiger partial charge in [0.15, 0.2) is 10.8 Å². The normalized spacial score (nSPS) is 26.6. The van der Waals surface area contributed by atoms with E-state index >= 15 is 0 Å². The Hall–Kier alpha value is -2.84. The number of aromatic nitrogens is 1. The van der Waals surface area contributed by atoms with E-state index in [1.165, 1.54) is 12.5 Å². The Morgan fingerprint density at radius 3 is 2.73 bits per heavy atom. The van der Waals surface area contributed by atoms with Gasteiger partial charge in [-0.1, -0.05) is 5.16 Å². The van der Waals surface area contributed by atoms with Crippen LogP contribution in [0.2, 0.25) is 0 Å². The van der Waals surface area contributed by atoms with Crippen LogP contribution in [0.4, 0.5) is 5.13 Å². The van der Waals surface area contributed by atoms with Gasteiger partial charge in [-0.25, -0.2) is 4.98 Å². The van der Waals surface area contributed by atoms with Gasteiger partial charge in [-0.2, -0.15) is 0 Å². The third-order valence-corrected chi connectivity index (χ3v) is 8.39. The summed E-state index contributed by atoms with van der Waals surface area (Å²) in [5, 5.41) is 18.9. The molecule has 0 bridgehead atoms. The SMILES string of the molecule is CO/N=C(\C(=O)N[C@@H]1C(=O)N2C(C(=O)[O-])=C(C[N+]3(C)CCCC3)C[S@@](=O)[C@H]12)c1csc(N)n1. The Labute approximate surface area is 196 Å². The number of carbonyl (C=O) groups is 3. The summed E-state index contributed by atoms with van der Waals surface area (Å²) in [5.41, 5.74) is 5.76. The fraction of sp³-hybridized carbons (Fsp3) is 0.526. The van der Waals surface area contributed by atoms with Crippen LogP contribution in [0.3, 0.4) is 0 Å². The average Bonchev–Trinajstić information content (AvgIpc) is 3.37. The Bertz CT molecular complexity index is 1090. The van der Waals surface area contributed by atoms with Crippen molar-refractivity contribution in [3.05, 3.63) is 22.3 Å². The van der Waals surface area contributed by atoms with Gasteiger partial charge in [-0.15, -0.1) is 11.3 Å². The van der Waals surface area contributed by atoms with Gasteiger partial charge >= 0.3 is 0 Å². The lowest BCUT2D eigenvalue weighted by atomic mass is 10.0. The summed E-state index contributed by atoms with van der Waals surface area (Å²) >= 11 is 1.10. The molecule has 2 fully saturated rings. The minimum absolute atomic E-state index is 0.000389. The molecule has 3 N–H and O–H groups in total. The van der Waals surface area contributed by atoms with Crippen molar-refractivity contribution < 1.29 is 33.0 Å². The summed E-state index contributed by atoms with van der Waals surface area (Å²) in [5.74, 6) is -2.94. The number of nitrogens with one attached hydrogen (secondary N) is 1. The maximum Gasteiger partial charge on any atom is 0.276 e. The molecule has 1 aromatic rings. The van der Waals surface area contributed by atoms with Crippen molar-refractivity contribution in [3.63, 3.8) is 0 Å². The van der Waals surface area contributed by atoms with E-state index < -0.39 is 40.0 Å². The van der Waals surface area contributed by atoms with Gasteiger partial charge in [-0.05, 0) is 0 Å². The molecule has 3 aliphatic heterocycles. The van der Waals surface area contributed by atoms with Crippen LogP contribution >= 0.6 is 11.3 Å². The van der Waals surface area contributed by atoms with Gasteiger partial charge in [0.1, 0.15) is 30.8 Å². The van der Waals surface area contributed by atoms with Gasteiger partial charge in [-0.3, -0.25) is 18.7 Å². The molecule has 2 saturated heterocycles. The Morgan fingerprint density at radius 2 is 2.15 bits per heavy atom. The minimum atomic E-state index is -1.61. The van der Waals surface area contributed by atoms with E-state index in [4.69, 9.17) is 10.6 Å². The van der Waals surface area contributed by atoms with Crippen molar-refractivity contribution in [2.24, 2.45) is 5.16 Å². The van der Waals surface area contributed by atoms with Crippen molar-refractivity contribution in [1.82, 2.24) is 15.2 Å². The van der Waals surface area contributed by atoms with Crippen LogP contribution in [0, 0.1) is 0 Å². The zero-order chi connectivity index (χ0) is 23.9. The number of hydrogen-bond donors (Lipinski definition) is 2. The van der Waals surface area contributed by atoms with Crippen molar-refractivity contribution in [1.29, 1.82) is 0 Å². The fourth-order valence-corrected chi connectivity index (χ4v) is 6.80. The molecule has 14 heteroatoms. The Kier molecular flexibility index (Phi) is 6.24. The van der Waals surface area contributed by atoms with Gasteiger partial charge in [0.2, 0.25) is 0 Å². The van der Waals surface area contributed by atoms with Crippen LogP contribution in [0.1, 0.15) is 18.5 Å². The number of aliphatic carboxylic acids is 1. The number of anilines is 1. The highest BCUT2D eigenvalue weighted by Crippen LogP contribution is 2.36. The first kappa shape index (κ1) is 23.3. The number of nitrogen functional groups attached to an aromatic ring is 1. The quantitative estimate of drug-likeness (QED) is 0.184. The summed E-state index contributed by atoms with van der Waals surface area (Å²) in [6.45, 7) is 2.16. The number of carboxylic acids is 1. The van der Waals surface area contributed by atoms with Crippen molar-refractivity contribution >= 4 is 50.8 Å². The number of hydrogen-bond acceptors (Lipinski definition) is 10. The maximum atomic E-state index is 13.0. The second kappa shape index (κ2) is 8.83. The number of nitrogens with two attached hydrogens (primary N) is 1. The van der Waals surface area contributed by atoms with Crippen molar-refractivity contribution in [3.8, 4) is 0 Å². The second-order valence-corrected chi connectivity index (χ2v) is 10.9. The Balaban J connectivity index is 1.57. The second-order valence-electron chi connectivity index (χ2n) is 8.44. The van der Waals surface area contributed by atoms with E-state index in [0.29, 0.717) is 16.6 Å². The molecule has 0 aliphatic carbocycles. The zero-order valence-electron chi connectivity index (χ0n) is 18.1. The van der Waals surface area contributed by atoms with Crippen molar-refractivity contribution in [2.75, 3.05) is 45.3 Å². The smallest absolute Gasteiger partial charge is 0.276 e. The standard InChI is InChI=1S/C19H24N6O6S2/c1-25(5-3-4-6-25)7-10-9-33(30)17-13(16(27)24(17)14(10)18(28)29)22-15(26)12(23-31-2)11-8-32-19(20)21-11/h8,13,17H,3-7,9H2,1-2H3,(H3-,20,21,22,26,28,29)/b23-12-/t13-,17-,33-/m1/s1. The molecule has 0 unspecified atom stereocenters. The number of oxime groups is 1. The zero-order valence-corrected chi connectivity index (χ0v) is 19.7. The molecule has 3 atom stereocenters. The first-order valence-corrected chi connectivity index (χ1v) is 12.5. The highest BCUT2D eigenvalue weighted by atomic mass is 32.2. The third kappa shape index (κ3) is 4.25. The molecule has 12 nitrogen and oxygen atoms in total. The van der Waals surface area contributed by atoms with E-state index in [1.54, 1.807) is 0 Å². The number of carbonyl (C=O) groups excluding carboxylic acids is 3. The molecule has 33 heavy (non-hydrogen) atoms. The summed E-state index contributed by atoms with van der Waals surface area (Å²) in [7, 11) is 1.65. The molecule has 1 aromatic heterocycles. The molecule has 3 aliphatic rings. The number of quaternary nitrogens is 1. The van der Waals surface area contributed by atoms with Crippen LogP contribution in [0.25, 0.3) is 0 Å². The van der Waals surface area contributed by atoms with Gasteiger partial charge in [0.25, 0.3) is 11.8 Å². The summed E-state index contributed by atoms with van der Waals surface area (Å²) < 4.78 is 13.7. The molecular formula is C19H24N6O6S2. The van der Waals surface area contributed by atoms with Gasteiger partial charge in [0, 0.05) is 23.8 Å². The molecule has 0 spiro atoms. The maximum absolute atomic E-state index is 13.0. The van der Waals surface area contributed by atoms with Crippen LogP contribution in [0.15, 0.2) is 21.8 Å². The lowest BCUT2D eigenvalue weighted by Gasteiger charge is -2.50. The molecule has 0 radical (unpaired) electrons. The fourth-order valence-electron chi connectivity index (χ4n) is 4.58. The van der Waals surface area contributed by atoms with E-state index in [2.05, 4.69) is 15.5 Å². The van der Waals surface area contributed by atoms with Crippen molar-refractivity contribution in [2.45, 2.75) is 24.3 Å². The van der Waals surface area contributed by atoms with E-state index in [1.807, 2.05) is 7.05 Å². The molecule has 4 heterocycles. The Morgan fingerprint density at radius 1 is 1.45 bits per heavy atom.